The molecule has 1 amide bonds. The zero-order chi connectivity index (χ0) is 18.8. The van der Waals surface area contributed by atoms with Crippen LogP contribution >= 0.6 is 0 Å². The maximum absolute atomic E-state index is 12.6. The molecule has 136 valence electrons. The van der Waals surface area contributed by atoms with E-state index in [9.17, 15) is 14.9 Å². The van der Waals surface area contributed by atoms with Crippen molar-refractivity contribution in [3.63, 3.8) is 0 Å². The van der Waals surface area contributed by atoms with Gasteiger partial charge < -0.3 is 15.5 Å². The van der Waals surface area contributed by atoms with E-state index in [0.29, 0.717) is 43.0 Å². The molecule has 1 fully saturated rings. The quantitative estimate of drug-likeness (QED) is 0.520. The summed E-state index contributed by atoms with van der Waals surface area (Å²) < 4.78 is 0. The zero-order valence-corrected chi connectivity index (χ0v) is 14.9. The van der Waals surface area contributed by atoms with Gasteiger partial charge in [-0.2, -0.15) is 0 Å². The van der Waals surface area contributed by atoms with Crippen molar-refractivity contribution in [1.82, 2.24) is 4.90 Å². The molecule has 1 heterocycles. The fourth-order valence-electron chi connectivity index (χ4n) is 3.42. The van der Waals surface area contributed by atoms with Gasteiger partial charge in [-0.1, -0.05) is 18.2 Å². The van der Waals surface area contributed by atoms with Gasteiger partial charge in [-0.3, -0.25) is 14.9 Å². The average Bonchev–Trinajstić information content (AvgIpc) is 2.65. The van der Waals surface area contributed by atoms with E-state index in [2.05, 4.69) is 4.90 Å². The molecule has 0 bridgehead atoms. The number of hydrogen-bond donors (Lipinski definition) is 1. The van der Waals surface area contributed by atoms with E-state index in [1.54, 1.807) is 6.92 Å². The monoisotopic (exact) mass is 354 g/mol. The molecule has 1 saturated heterocycles. The van der Waals surface area contributed by atoms with Crippen LogP contribution in [0.3, 0.4) is 0 Å². The molecule has 1 aliphatic rings. The minimum absolute atomic E-state index is 0.0230. The van der Waals surface area contributed by atoms with E-state index >= 15 is 0 Å². The Hall–Kier alpha value is -3.09. The van der Waals surface area contributed by atoms with Crippen LogP contribution in [0.15, 0.2) is 36.4 Å². The lowest BCUT2D eigenvalue weighted by Crippen LogP contribution is -2.49. The van der Waals surface area contributed by atoms with Crippen LogP contribution in [0.1, 0.15) is 21.5 Å². The molecule has 0 saturated carbocycles. The summed E-state index contributed by atoms with van der Waals surface area (Å²) in [6, 6.07) is 10.7. The summed E-state index contributed by atoms with van der Waals surface area (Å²) in [4.78, 5) is 27.2. The Morgan fingerprint density at radius 2 is 1.69 bits per heavy atom. The minimum atomic E-state index is -0.404. The summed E-state index contributed by atoms with van der Waals surface area (Å²) in [5.74, 6) is 0.0230. The number of anilines is 2. The van der Waals surface area contributed by atoms with Crippen LogP contribution in [-0.4, -0.2) is 41.9 Å². The number of carbonyl (C=O) groups excluding carboxylic acids is 1. The molecule has 0 radical (unpaired) electrons. The zero-order valence-electron chi connectivity index (χ0n) is 14.9. The third-order valence-electron chi connectivity index (χ3n) is 4.97. The Kier molecular flexibility index (Phi) is 4.79. The lowest BCUT2D eigenvalue weighted by molar-refractivity contribution is -0.385. The van der Waals surface area contributed by atoms with Gasteiger partial charge >= 0.3 is 0 Å². The molecule has 0 atom stereocenters. The predicted molar refractivity (Wildman–Crippen MR) is 102 cm³/mol. The second kappa shape index (κ2) is 7.03. The number of carbonyl (C=O) groups is 1. The molecule has 26 heavy (non-hydrogen) atoms. The molecule has 2 aromatic carbocycles. The number of benzene rings is 2. The van der Waals surface area contributed by atoms with E-state index < -0.39 is 4.92 Å². The van der Waals surface area contributed by atoms with Crippen molar-refractivity contribution in [3.8, 4) is 0 Å². The lowest BCUT2D eigenvalue weighted by Gasteiger charge is -2.37. The SMILES string of the molecule is Cc1c([N+](=O)[O-])cc(N)c(N2CCN(C(=O)c3ccccc3)CC2)c1C. The van der Waals surface area contributed by atoms with Crippen molar-refractivity contribution >= 4 is 23.0 Å². The maximum atomic E-state index is 12.6. The summed E-state index contributed by atoms with van der Waals surface area (Å²) >= 11 is 0. The topological polar surface area (TPSA) is 92.7 Å². The Balaban J connectivity index is 1.77. The number of hydrogen-bond acceptors (Lipinski definition) is 5. The number of amides is 1. The van der Waals surface area contributed by atoms with E-state index in [0.717, 1.165) is 11.3 Å². The number of nitrogen functional groups attached to an aromatic ring is 1. The minimum Gasteiger partial charge on any atom is -0.397 e. The van der Waals surface area contributed by atoms with Gasteiger partial charge in [0, 0.05) is 43.4 Å². The molecule has 0 aliphatic carbocycles. The smallest absolute Gasteiger partial charge is 0.274 e. The highest BCUT2D eigenvalue weighted by Crippen LogP contribution is 2.36. The first-order valence-electron chi connectivity index (χ1n) is 8.53. The van der Waals surface area contributed by atoms with Gasteiger partial charge in [0.15, 0.2) is 0 Å². The molecular formula is C19H22N4O3. The highest BCUT2D eigenvalue weighted by Gasteiger charge is 2.26. The van der Waals surface area contributed by atoms with Gasteiger partial charge in [0.1, 0.15) is 0 Å². The fraction of sp³-hybridized carbons (Fsp3) is 0.316. The van der Waals surface area contributed by atoms with Gasteiger partial charge in [-0.25, -0.2) is 0 Å². The highest BCUT2D eigenvalue weighted by molar-refractivity contribution is 5.94. The van der Waals surface area contributed by atoms with Crippen LogP contribution in [0.4, 0.5) is 17.1 Å². The average molecular weight is 354 g/mol. The third-order valence-corrected chi connectivity index (χ3v) is 4.97. The van der Waals surface area contributed by atoms with Crippen LogP contribution in [0.2, 0.25) is 0 Å². The molecule has 7 heteroatoms. The lowest BCUT2D eigenvalue weighted by atomic mass is 10.0. The van der Waals surface area contributed by atoms with E-state index in [4.69, 9.17) is 5.73 Å². The largest absolute Gasteiger partial charge is 0.397 e. The standard InChI is InChI=1S/C19H22N4O3/c1-13-14(2)18(16(20)12-17(13)23(25)26)21-8-10-22(11-9-21)19(24)15-6-4-3-5-7-15/h3-7,12H,8-11,20H2,1-2H3. The third kappa shape index (κ3) is 3.20. The van der Waals surface area contributed by atoms with Gasteiger partial charge in [0.25, 0.3) is 11.6 Å². The van der Waals surface area contributed by atoms with Gasteiger partial charge in [-0.15, -0.1) is 0 Å². The molecule has 3 rings (SSSR count). The first-order chi connectivity index (χ1) is 12.4. The first-order valence-corrected chi connectivity index (χ1v) is 8.53. The predicted octanol–water partition coefficient (Wildman–Crippen LogP) is 2.76. The van der Waals surface area contributed by atoms with Crippen LogP contribution in [-0.2, 0) is 0 Å². The van der Waals surface area contributed by atoms with Gasteiger partial charge in [-0.05, 0) is 31.5 Å². The second-order valence-electron chi connectivity index (χ2n) is 6.49. The van der Waals surface area contributed by atoms with Crippen LogP contribution < -0.4 is 10.6 Å². The van der Waals surface area contributed by atoms with Crippen molar-refractivity contribution in [1.29, 1.82) is 0 Å². The summed E-state index contributed by atoms with van der Waals surface area (Å²) in [6.07, 6.45) is 0. The molecule has 1 aliphatic heterocycles. The fourth-order valence-corrected chi connectivity index (χ4v) is 3.42. The molecule has 7 nitrogen and oxygen atoms in total. The van der Waals surface area contributed by atoms with Crippen molar-refractivity contribution in [3.05, 3.63) is 63.2 Å². The Bertz CT molecular complexity index is 844. The highest BCUT2D eigenvalue weighted by atomic mass is 16.6. The molecular weight excluding hydrogens is 332 g/mol. The summed E-state index contributed by atoms with van der Waals surface area (Å²) in [5.41, 5.74) is 9.53. The molecule has 0 unspecified atom stereocenters. The van der Waals surface area contributed by atoms with Crippen molar-refractivity contribution in [2.75, 3.05) is 36.8 Å². The molecule has 0 spiro atoms. The second-order valence-corrected chi connectivity index (χ2v) is 6.49. The van der Waals surface area contributed by atoms with Gasteiger partial charge in [0.05, 0.1) is 16.3 Å². The molecule has 0 aromatic heterocycles. The molecule has 2 aromatic rings. The summed E-state index contributed by atoms with van der Waals surface area (Å²) in [5, 5.41) is 11.2. The molecule has 2 N–H and O–H groups in total. The number of rotatable bonds is 3. The van der Waals surface area contributed by atoms with Crippen molar-refractivity contribution in [2.45, 2.75) is 13.8 Å². The van der Waals surface area contributed by atoms with E-state index in [1.165, 1.54) is 6.07 Å². The summed E-state index contributed by atoms with van der Waals surface area (Å²) in [7, 11) is 0. The van der Waals surface area contributed by atoms with E-state index in [-0.39, 0.29) is 11.6 Å². The number of nitrogens with zero attached hydrogens (tertiary/aromatic N) is 3. The number of nitro benzene ring substituents is 1. The Labute approximate surface area is 152 Å². The van der Waals surface area contributed by atoms with Crippen LogP contribution in [0.25, 0.3) is 0 Å². The Morgan fingerprint density at radius 1 is 1.08 bits per heavy atom. The first kappa shape index (κ1) is 17.7. The van der Waals surface area contributed by atoms with Crippen molar-refractivity contribution in [2.24, 2.45) is 0 Å². The van der Waals surface area contributed by atoms with Gasteiger partial charge in [0.2, 0.25) is 0 Å². The van der Waals surface area contributed by atoms with E-state index in [1.807, 2.05) is 42.2 Å². The van der Waals surface area contributed by atoms with Crippen LogP contribution in [0.5, 0.6) is 0 Å². The maximum Gasteiger partial charge on any atom is 0.274 e. The normalized spacial score (nSPS) is 14.4. The summed E-state index contributed by atoms with van der Waals surface area (Å²) in [6.45, 7) is 6.05. The van der Waals surface area contributed by atoms with Crippen molar-refractivity contribution < 1.29 is 9.72 Å². The Morgan fingerprint density at radius 3 is 2.27 bits per heavy atom. The number of nitrogens with two attached hydrogens (primary N) is 1. The number of nitro groups is 1. The van der Waals surface area contributed by atoms with Crippen LogP contribution in [0, 0.1) is 24.0 Å². The number of piperazine rings is 1.